The maximum Gasteiger partial charge on any atom is 0.389 e. The summed E-state index contributed by atoms with van der Waals surface area (Å²) in [5.41, 5.74) is 1.57. The number of fused-ring (bicyclic) bond motifs is 1. The number of carbonyl (C=O) groups is 1. The van der Waals surface area contributed by atoms with Crippen molar-refractivity contribution in [3.63, 3.8) is 0 Å². The minimum Gasteiger partial charge on any atom is -0.494 e. The van der Waals surface area contributed by atoms with Crippen molar-refractivity contribution in [2.45, 2.75) is 64.6 Å². The Morgan fingerprint density at radius 3 is 2.43 bits per heavy atom. The monoisotopic (exact) mass is 423 g/mol. The summed E-state index contributed by atoms with van der Waals surface area (Å²) in [6.45, 7) is 6.53. The molecule has 1 aromatic rings. The highest BCUT2D eigenvalue weighted by Crippen LogP contribution is 2.40. The number of hydrogen-bond donors (Lipinski definition) is 3. The van der Waals surface area contributed by atoms with E-state index in [2.05, 4.69) is 38.3 Å². The molecule has 0 aromatic heterocycles. The van der Waals surface area contributed by atoms with E-state index in [4.69, 9.17) is 9.84 Å². The molecule has 0 saturated carbocycles. The molecular weight excluding hydrogens is 391 g/mol. The average molecular weight is 424 g/mol. The molecule has 8 heteroatoms. The lowest BCUT2D eigenvalue weighted by Gasteiger charge is -2.27. The number of aliphatic hydroxyl groups is 1. The van der Waals surface area contributed by atoms with Gasteiger partial charge in [0.05, 0.1) is 12.1 Å². The first-order chi connectivity index (χ1) is 13.1. The fourth-order valence-corrected chi connectivity index (χ4v) is 3.12. The molecule has 0 amide bonds. The number of rotatable bonds is 7. The van der Waals surface area contributed by atoms with Crippen molar-refractivity contribution in [3.05, 3.63) is 29.3 Å². The Morgan fingerprint density at radius 1 is 1.32 bits per heavy atom. The van der Waals surface area contributed by atoms with Gasteiger partial charge in [-0.15, -0.1) is 0 Å². The number of nitrogens with one attached hydrogen (secondary N) is 1. The molecule has 0 unspecified atom stereocenters. The summed E-state index contributed by atoms with van der Waals surface area (Å²) in [6, 6.07) is 5.41. The van der Waals surface area contributed by atoms with Crippen LogP contribution in [0.3, 0.4) is 0 Å². The molecular formula is C20H32F3NO3S. The van der Waals surface area contributed by atoms with Gasteiger partial charge in [-0.2, -0.15) is 13.2 Å². The summed E-state index contributed by atoms with van der Waals surface area (Å²) in [4.78, 5) is 10.9. The van der Waals surface area contributed by atoms with Crippen LogP contribution in [0.5, 0.6) is 5.75 Å². The predicted molar refractivity (Wildman–Crippen MR) is 109 cm³/mol. The number of ether oxygens (including phenoxy) is 1. The molecule has 4 nitrogen and oxygen atoms in total. The van der Waals surface area contributed by atoms with Crippen LogP contribution in [0.25, 0.3) is 0 Å². The predicted octanol–water partition coefficient (Wildman–Crippen LogP) is 4.84. The zero-order valence-corrected chi connectivity index (χ0v) is 17.9. The molecule has 162 valence electrons. The molecule has 0 fully saturated rings. The Bertz CT molecular complexity index is 580. The van der Waals surface area contributed by atoms with Crippen molar-refractivity contribution in [1.29, 1.82) is 0 Å². The Morgan fingerprint density at radius 2 is 1.93 bits per heavy atom. The topological polar surface area (TPSA) is 58.6 Å². The number of aryl methyl sites for hydroxylation is 1. The number of alkyl halides is 3. The van der Waals surface area contributed by atoms with Gasteiger partial charge in [0.15, 0.2) is 0 Å². The zero-order chi connectivity index (χ0) is 21.8. The minimum atomic E-state index is -4.14. The fraction of sp³-hybridized carbons (Fsp3) is 0.650. The van der Waals surface area contributed by atoms with Gasteiger partial charge in [0, 0.05) is 20.0 Å². The van der Waals surface area contributed by atoms with Crippen LogP contribution in [0.1, 0.15) is 57.6 Å². The number of hydrogen-bond acceptors (Lipinski definition) is 5. The van der Waals surface area contributed by atoms with E-state index < -0.39 is 18.1 Å². The molecule has 2 N–H and O–H groups in total. The van der Waals surface area contributed by atoms with E-state index in [9.17, 15) is 18.0 Å². The van der Waals surface area contributed by atoms with Crippen LogP contribution in [-0.2, 0) is 16.8 Å². The Balaban J connectivity index is 0.00000108. The molecule has 0 heterocycles. The SMILES string of the molecule is CC(C)C.CO.O=CC[C@@]1(NS)CCc2cc(OCCCC(F)(F)F)ccc21. The van der Waals surface area contributed by atoms with Crippen LogP contribution >= 0.6 is 12.8 Å². The van der Waals surface area contributed by atoms with E-state index in [0.29, 0.717) is 12.2 Å². The van der Waals surface area contributed by atoms with E-state index in [-0.39, 0.29) is 13.0 Å². The van der Waals surface area contributed by atoms with Crippen LogP contribution in [0.2, 0.25) is 0 Å². The van der Waals surface area contributed by atoms with Gasteiger partial charge in [-0.05, 0) is 48.4 Å². The first-order valence-corrected chi connectivity index (χ1v) is 9.71. The second-order valence-corrected chi connectivity index (χ2v) is 7.41. The first-order valence-electron chi connectivity index (χ1n) is 9.26. The van der Waals surface area contributed by atoms with Gasteiger partial charge in [0.1, 0.15) is 12.0 Å². The van der Waals surface area contributed by atoms with E-state index in [0.717, 1.165) is 43.3 Å². The smallest absolute Gasteiger partial charge is 0.389 e. The van der Waals surface area contributed by atoms with Crippen LogP contribution < -0.4 is 9.46 Å². The maximum absolute atomic E-state index is 12.1. The Labute approximate surface area is 171 Å². The van der Waals surface area contributed by atoms with Gasteiger partial charge in [-0.25, -0.2) is 0 Å². The first kappa shape index (κ1) is 26.8. The lowest BCUT2D eigenvalue weighted by molar-refractivity contribution is -0.136. The highest BCUT2D eigenvalue weighted by atomic mass is 32.1. The Hall–Kier alpha value is -1.25. The molecule has 1 aliphatic rings. The number of carbonyl (C=O) groups excluding carboxylic acids is 1. The summed E-state index contributed by atoms with van der Waals surface area (Å²) in [7, 11) is 1.00. The molecule has 0 bridgehead atoms. The summed E-state index contributed by atoms with van der Waals surface area (Å²) in [5, 5.41) is 7.00. The molecule has 1 aliphatic carbocycles. The van der Waals surface area contributed by atoms with Crippen LogP contribution in [0.4, 0.5) is 13.2 Å². The molecule has 0 radical (unpaired) electrons. The van der Waals surface area contributed by atoms with Crippen molar-refractivity contribution in [3.8, 4) is 5.75 Å². The van der Waals surface area contributed by atoms with Gasteiger partial charge >= 0.3 is 6.18 Å². The molecule has 1 atom stereocenters. The van der Waals surface area contributed by atoms with Gasteiger partial charge in [-0.3, -0.25) is 4.72 Å². The average Bonchev–Trinajstić information content (AvgIpc) is 2.98. The van der Waals surface area contributed by atoms with Crippen molar-refractivity contribution in [1.82, 2.24) is 4.72 Å². The van der Waals surface area contributed by atoms with E-state index >= 15 is 0 Å². The largest absolute Gasteiger partial charge is 0.494 e. The molecule has 1 aromatic carbocycles. The standard InChI is InChI=1S/C15H18F3NO2S.C4H10.CH4O/c16-15(17,18)5-1-9-21-12-2-3-13-11(10-12)4-6-14(13,19-22)7-8-20;1-4(2)3;1-2/h2-3,8,10,19,22H,1,4-7,9H2;4H,1-3H3;2H,1H3/t14-;;/m0../s1. The highest BCUT2D eigenvalue weighted by Gasteiger charge is 2.37. The summed E-state index contributed by atoms with van der Waals surface area (Å²) < 4.78 is 44.5. The second kappa shape index (κ2) is 13.1. The van der Waals surface area contributed by atoms with Gasteiger partial charge in [0.2, 0.25) is 0 Å². The lowest BCUT2D eigenvalue weighted by Crippen LogP contribution is -2.34. The third kappa shape index (κ3) is 9.30. The van der Waals surface area contributed by atoms with Gasteiger partial charge in [0.25, 0.3) is 0 Å². The Kier molecular flexibility index (Phi) is 12.5. The quantitative estimate of drug-likeness (QED) is 0.334. The number of aliphatic hydroxyl groups excluding tert-OH is 1. The van der Waals surface area contributed by atoms with E-state index in [1.54, 1.807) is 6.07 Å². The highest BCUT2D eigenvalue weighted by molar-refractivity contribution is 7.78. The lowest BCUT2D eigenvalue weighted by atomic mass is 9.90. The van der Waals surface area contributed by atoms with Gasteiger partial charge in [-0.1, -0.05) is 39.7 Å². The maximum atomic E-state index is 12.1. The van der Waals surface area contributed by atoms with E-state index in [1.165, 1.54) is 0 Å². The third-order valence-electron chi connectivity index (χ3n) is 3.93. The summed E-state index contributed by atoms with van der Waals surface area (Å²) in [6.07, 6.45) is -2.33. The minimum absolute atomic E-state index is 0.0304. The second-order valence-electron chi connectivity index (χ2n) is 7.18. The van der Waals surface area contributed by atoms with E-state index in [1.807, 2.05) is 12.1 Å². The normalized spacial score (nSPS) is 17.8. The van der Waals surface area contributed by atoms with Gasteiger partial charge < -0.3 is 14.6 Å². The summed E-state index contributed by atoms with van der Waals surface area (Å²) in [5.74, 6) is 1.39. The summed E-state index contributed by atoms with van der Waals surface area (Å²) >= 11 is 4.14. The van der Waals surface area contributed by atoms with Crippen molar-refractivity contribution >= 4 is 19.1 Å². The number of aldehydes is 1. The van der Waals surface area contributed by atoms with Crippen LogP contribution in [-0.4, -0.2) is 31.3 Å². The molecule has 28 heavy (non-hydrogen) atoms. The van der Waals surface area contributed by atoms with Crippen molar-refractivity contribution in [2.75, 3.05) is 13.7 Å². The number of halogens is 3. The fourth-order valence-electron chi connectivity index (χ4n) is 2.79. The number of benzene rings is 1. The molecule has 2 rings (SSSR count). The van der Waals surface area contributed by atoms with Crippen molar-refractivity contribution < 1.29 is 27.8 Å². The van der Waals surface area contributed by atoms with Crippen LogP contribution in [0.15, 0.2) is 18.2 Å². The number of thiol groups is 1. The third-order valence-corrected chi connectivity index (χ3v) is 4.36. The zero-order valence-electron chi connectivity index (χ0n) is 17.0. The van der Waals surface area contributed by atoms with Crippen molar-refractivity contribution in [2.24, 2.45) is 5.92 Å². The molecule has 0 aliphatic heterocycles. The molecule has 0 spiro atoms. The van der Waals surface area contributed by atoms with Crippen LogP contribution in [0, 0.1) is 5.92 Å². The molecule has 0 saturated heterocycles.